The maximum atomic E-state index is 12.0. The summed E-state index contributed by atoms with van der Waals surface area (Å²) in [6, 6.07) is 3.62. The van der Waals surface area contributed by atoms with E-state index < -0.39 is 0 Å². The van der Waals surface area contributed by atoms with Crippen LogP contribution in [0.2, 0.25) is 0 Å². The van der Waals surface area contributed by atoms with Gasteiger partial charge in [0.15, 0.2) is 0 Å². The van der Waals surface area contributed by atoms with E-state index in [0.29, 0.717) is 31.7 Å². The molecule has 0 unspecified atom stereocenters. The van der Waals surface area contributed by atoms with Gasteiger partial charge in [-0.1, -0.05) is 0 Å². The summed E-state index contributed by atoms with van der Waals surface area (Å²) in [6.07, 6.45) is 3.18. The second-order valence-corrected chi connectivity index (χ2v) is 3.32. The van der Waals surface area contributed by atoms with Gasteiger partial charge in [-0.2, -0.15) is 15.5 Å². The minimum absolute atomic E-state index is 0.160. The first-order valence-electron chi connectivity index (χ1n) is 5.21. The van der Waals surface area contributed by atoms with Crippen LogP contribution in [0.1, 0.15) is 16.8 Å². The Hall–Kier alpha value is -2.00. The Morgan fingerprint density at radius 3 is 2.94 bits per heavy atom. The van der Waals surface area contributed by atoms with Crippen LogP contribution < -0.4 is 0 Å². The molecule has 6 heteroatoms. The van der Waals surface area contributed by atoms with Gasteiger partial charge in [0.05, 0.1) is 37.1 Å². The lowest BCUT2D eigenvalue weighted by atomic mass is 10.2. The molecule has 1 rings (SSSR count). The molecule has 1 aromatic heterocycles. The number of nitriles is 1. The van der Waals surface area contributed by atoms with Crippen LogP contribution in [0.4, 0.5) is 0 Å². The van der Waals surface area contributed by atoms with Gasteiger partial charge in [0.1, 0.15) is 0 Å². The molecular weight excluding hydrogens is 220 g/mol. The van der Waals surface area contributed by atoms with Crippen molar-refractivity contribution in [2.45, 2.75) is 6.42 Å². The highest BCUT2D eigenvalue weighted by atomic mass is 16.5. The van der Waals surface area contributed by atoms with Gasteiger partial charge < -0.3 is 9.64 Å². The number of ether oxygens (including phenoxy) is 1. The van der Waals surface area contributed by atoms with E-state index in [4.69, 9.17) is 10.00 Å². The fraction of sp³-hybridized carbons (Fsp3) is 0.455. The average molecular weight is 234 g/mol. The molecule has 0 aliphatic carbocycles. The van der Waals surface area contributed by atoms with E-state index in [0.717, 1.165) is 0 Å². The average Bonchev–Trinajstić information content (AvgIpc) is 2.39. The van der Waals surface area contributed by atoms with Crippen molar-refractivity contribution >= 4 is 5.91 Å². The topological polar surface area (TPSA) is 79.1 Å². The monoisotopic (exact) mass is 234 g/mol. The highest BCUT2D eigenvalue weighted by Crippen LogP contribution is 2.03. The molecule has 0 saturated heterocycles. The van der Waals surface area contributed by atoms with Crippen LogP contribution in [-0.2, 0) is 4.74 Å². The van der Waals surface area contributed by atoms with Crippen molar-refractivity contribution in [1.29, 1.82) is 5.26 Å². The fourth-order valence-electron chi connectivity index (χ4n) is 1.30. The van der Waals surface area contributed by atoms with Crippen molar-refractivity contribution in [2.75, 3.05) is 26.8 Å². The van der Waals surface area contributed by atoms with Crippen LogP contribution in [0.15, 0.2) is 18.5 Å². The number of aromatic nitrogens is 2. The van der Waals surface area contributed by atoms with Crippen molar-refractivity contribution in [3.8, 4) is 6.07 Å². The molecule has 90 valence electrons. The van der Waals surface area contributed by atoms with Crippen LogP contribution in [-0.4, -0.2) is 47.8 Å². The lowest BCUT2D eigenvalue weighted by Gasteiger charge is -2.20. The third-order valence-electron chi connectivity index (χ3n) is 2.18. The van der Waals surface area contributed by atoms with Crippen LogP contribution in [0, 0.1) is 11.3 Å². The standard InChI is InChI=1S/C11H14N4O2/c1-17-8-7-15(6-2-4-12)11(16)10-3-5-13-14-9-10/h3,5,9H,2,6-8H2,1H3. The Labute approximate surface area is 99.8 Å². The van der Waals surface area contributed by atoms with Crippen molar-refractivity contribution in [1.82, 2.24) is 15.1 Å². The quantitative estimate of drug-likeness (QED) is 0.715. The molecular formula is C11H14N4O2. The molecule has 17 heavy (non-hydrogen) atoms. The highest BCUT2D eigenvalue weighted by Gasteiger charge is 2.15. The number of hydrogen-bond donors (Lipinski definition) is 0. The van der Waals surface area contributed by atoms with Crippen LogP contribution in [0.5, 0.6) is 0 Å². The summed E-state index contributed by atoms with van der Waals surface area (Å²) in [6.45, 7) is 1.29. The van der Waals surface area contributed by atoms with Crippen LogP contribution in [0.3, 0.4) is 0 Å². The normalized spacial score (nSPS) is 9.65. The zero-order valence-corrected chi connectivity index (χ0v) is 9.67. The number of amides is 1. The second-order valence-electron chi connectivity index (χ2n) is 3.32. The van der Waals surface area contributed by atoms with Crippen molar-refractivity contribution in [3.05, 3.63) is 24.0 Å². The number of carbonyl (C=O) groups excluding carboxylic acids is 1. The minimum Gasteiger partial charge on any atom is -0.383 e. The molecule has 0 bridgehead atoms. The van der Waals surface area contributed by atoms with Crippen LogP contribution in [0.25, 0.3) is 0 Å². The largest absolute Gasteiger partial charge is 0.383 e. The first-order chi connectivity index (χ1) is 8.29. The Kier molecular flexibility index (Phi) is 5.61. The summed E-state index contributed by atoms with van der Waals surface area (Å²) in [5, 5.41) is 15.8. The summed E-state index contributed by atoms with van der Waals surface area (Å²) in [7, 11) is 1.57. The van der Waals surface area contributed by atoms with E-state index in [1.807, 2.05) is 6.07 Å². The van der Waals surface area contributed by atoms with E-state index in [1.165, 1.54) is 12.4 Å². The van der Waals surface area contributed by atoms with Gasteiger partial charge in [-0.15, -0.1) is 0 Å². The number of rotatable bonds is 6. The smallest absolute Gasteiger partial charge is 0.255 e. The zero-order valence-electron chi connectivity index (χ0n) is 9.67. The molecule has 0 saturated carbocycles. The third-order valence-corrected chi connectivity index (χ3v) is 2.18. The highest BCUT2D eigenvalue weighted by molar-refractivity contribution is 5.93. The van der Waals surface area contributed by atoms with Crippen LogP contribution >= 0.6 is 0 Å². The molecule has 0 aliphatic rings. The molecule has 1 amide bonds. The Morgan fingerprint density at radius 2 is 2.35 bits per heavy atom. The first kappa shape index (κ1) is 13.1. The first-order valence-corrected chi connectivity index (χ1v) is 5.21. The zero-order chi connectivity index (χ0) is 12.5. The molecule has 0 aliphatic heterocycles. The van der Waals surface area contributed by atoms with Gasteiger partial charge in [0.25, 0.3) is 5.91 Å². The predicted octanol–water partition coefficient (Wildman–Crippen LogP) is 0.479. The molecule has 6 nitrogen and oxygen atoms in total. The van der Waals surface area contributed by atoms with E-state index >= 15 is 0 Å². The Morgan fingerprint density at radius 1 is 1.53 bits per heavy atom. The fourth-order valence-corrected chi connectivity index (χ4v) is 1.30. The number of carbonyl (C=O) groups is 1. The van der Waals surface area contributed by atoms with E-state index in [9.17, 15) is 4.79 Å². The number of nitrogens with zero attached hydrogens (tertiary/aromatic N) is 4. The summed E-state index contributed by atoms with van der Waals surface area (Å²) >= 11 is 0. The predicted molar refractivity (Wildman–Crippen MR) is 60.0 cm³/mol. The molecule has 0 fully saturated rings. The maximum absolute atomic E-state index is 12.0. The molecule has 0 spiro atoms. The molecule has 0 aromatic carbocycles. The van der Waals surface area contributed by atoms with Gasteiger partial charge in [0, 0.05) is 20.2 Å². The molecule has 1 heterocycles. The van der Waals surface area contributed by atoms with Crippen molar-refractivity contribution in [2.24, 2.45) is 0 Å². The molecule has 0 radical (unpaired) electrons. The minimum atomic E-state index is -0.160. The van der Waals surface area contributed by atoms with Gasteiger partial charge in [-0.25, -0.2) is 0 Å². The SMILES string of the molecule is COCCN(CCC#N)C(=O)c1ccnnc1. The van der Waals surface area contributed by atoms with E-state index in [2.05, 4.69) is 10.2 Å². The summed E-state index contributed by atoms with van der Waals surface area (Å²) in [4.78, 5) is 13.6. The number of hydrogen-bond acceptors (Lipinski definition) is 5. The Balaban J connectivity index is 2.68. The summed E-state index contributed by atoms with van der Waals surface area (Å²) < 4.78 is 4.93. The molecule has 0 N–H and O–H groups in total. The third kappa shape index (κ3) is 4.17. The van der Waals surface area contributed by atoms with Gasteiger partial charge in [-0.3, -0.25) is 4.79 Å². The van der Waals surface area contributed by atoms with E-state index in [-0.39, 0.29) is 5.91 Å². The Bertz CT molecular complexity index is 388. The summed E-state index contributed by atoms with van der Waals surface area (Å²) in [5.74, 6) is -0.160. The maximum Gasteiger partial charge on any atom is 0.255 e. The van der Waals surface area contributed by atoms with E-state index in [1.54, 1.807) is 18.1 Å². The van der Waals surface area contributed by atoms with Crippen molar-refractivity contribution < 1.29 is 9.53 Å². The molecule has 0 atom stereocenters. The lowest BCUT2D eigenvalue weighted by Crippen LogP contribution is -2.34. The van der Waals surface area contributed by atoms with Gasteiger partial charge >= 0.3 is 0 Å². The summed E-state index contributed by atoms with van der Waals surface area (Å²) in [5.41, 5.74) is 0.467. The van der Waals surface area contributed by atoms with Gasteiger partial charge in [-0.05, 0) is 6.07 Å². The van der Waals surface area contributed by atoms with Crippen molar-refractivity contribution in [3.63, 3.8) is 0 Å². The lowest BCUT2D eigenvalue weighted by molar-refractivity contribution is 0.0699. The second kappa shape index (κ2) is 7.30. The molecule has 1 aromatic rings. The van der Waals surface area contributed by atoms with Gasteiger partial charge in [0.2, 0.25) is 0 Å². The number of methoxy groups -OCH3 is 1.